The fourth-order valence-corrected chi connectivity index (χ4v) is 1.79. The summed E-state index contributed by atoms with van der Waals surface area (Å²) in [5.41, 5.74) is 1.06. The Labute approximate surface area is 107 Å². The van der Waals surface area contributed by atoms with E-state index in [9.17, 15) is 4.79 Å². The lowest BCUT2D eigenvalue weighted by molar-refractivity contribution is -0.144. The number of halogens is 1. The minimum absolute atomic E-state index is 0.0197. The Balaban J connectivity index is 2.79. The van der Waals surface area contributed by atoms with Gasteiger partial charge in [0.05, 0.1) is 13.0 Å². The lowest BCUT2D eigenvalue weighted by Crippen LogP contribution is -2.23. The molecule has 0 amide bonds. The molecule has 94 valence electrons. The van der Waals surface area contributed by atoms with E-state index < -0.39 is 0 Å². The minimum Gasteiger partial charge on any atom is -0.466 e. The van der Waals surface area contributed by atoms with Crippen molar-refractivity contribution in [3.8, 4) is 0 Å². The molecular weight excluding hydrogens is 238 g/mol. The Morgan fingerprint density at radius 3 is 2.41 bits per heavy atom. The van der Waals surface area contributed by atoms with Gasteiger partial charge in [-0.1, -0.05) is 23.7 Å². The summed E-state index contributed by atoms with van der Waals surface area (Å²) in [7, 11) is 3.89. The molecule has 0 N–H and O–H groups in total. The van der Waals surface area contributed by atoms with E-state index in [-0.39, 0.29) is 12.0 Å². The third kappa shape index (κ3) is 4.36. The van der Waals surface area contributed by atoms with Crippen molar-refractivity contribution in [3.05, 3.63) is 34.9 Å². The smallest absolute Gasteiger partial charge is 0.307 e. The lowest BCUT2D eigenvalue weighted by Gasteiger charge is -2.23. The van der Waals surface area contributed by atoms with Gasteiger partial charge in [-0.3, -0.25) is 4.79 Å². The van der Waals surface area contributed by atoms with E-state index >= 15 is 0 Å². The summed E-state index contributed by atoms with van der Waals surface area (Å²) in [4.78, 5) is 13.5. The van der Waals surface area contributed by atoms with Crippen molar-refractivity contribution in [1.82, 2.24) is 4.90 Å². The topological polar surface area (TPSA) is 29.5 Å². The van der Waals surface area contributed by atoms with Crippen LogP contribution in [-0.2, 0) is 9.53 Å². The second-order valence-corrected chi connectivity index (χ2v) is 4.48. The molecule has 0 fully saturated rings. The summed E-state index contributed by atoms with van der Waals surface area (Å²) < 4.78 is 4.98. The molecule has 0 saturated heterocycles. The van der Waals surface area contributed by atoms with Gasteiger partial charge in [0.2, 0.25) is 0 Å². The minimum atomic E-state index is -0.179. The van der Waals surface area contributed by atoms with Crippen LogP contribution in [0.1, 0.15) is 24.9 Å². The molecule has 1 aromatic carbocycles. The molecule has 3 nitrogen and oxygen atoms in total. The normalized spacial score (nSPS) is 12.5. The molecule has 17 heavy (non-hydrogen) atoms. The molecule has 0 bridgehead atoms. The van der Waals surface area contributed by atoms with Crippen molar-refractivity contribution >= 4 is 17.6 Å². The number of nitrogens with zero attached hydrogens (tertiary/aromatic N) is 1. The largest absolute Gasteiger partial charge is 0.466 e. The maximum Gasteiger partial charge on any atom is 0.307 e. The third-order valence-electron chi connectivity index (χ3n) is 2.54. The molecular formula is C13H18ClNO2. The van der Waals surface area contributed by atoms with E-state index in [1.54, 1.807) is 0 Å². The molecule has 0 saturated carbocycles. The van der Waals surface area contributed by atoms with Gasteiger partial charge in [0.25, 0.3) is 0 Å². The van der Waals surface area contributed by atoms with Crippen LogP contribution in [-0.4, -0.2) is 31.6 Å². The fraction of sp³-hybridized carbons (Fsp3) is 0.462. The summed E-state index contributed by atoms with van der Waals surface area (Å²) >= 11 is 5.85. The molecule has 0 aliphatic carbocycles. The summed E-state index contributed by atoms with van der Waals surface area (Å²) in [6.45, 7) is 2.23. The van der Waals surface area contributed by atoms with Crippen molar-refractivity contribution in [1.29, 1.82) is 0 Å². The maximum atomic E-state index is 11.5. The zero-order valence-electron chi connectivity index (χ0n) is 10.4. The highest BCUT2D eigenvalue weighted by Crippen LogP contribution is 2.23. The summed E-state index contributed by atoms with van der Waals surface area (Å²) in [6, 6.07) is 7.56. The number of carbonyl (C=O) groups excluding carboxylic acids is 1. The van der Waals surface area contributed by atoms with E-state index in [4.69, 9.17) is 16.3 Å². The monoisotopic (exact) mass is 255 g/mol. The number of benzene rings is 1. The average molecular weight is 256 g/mol. The van der Waals surface area contributed by atoms with Crippen molar-refractivity contribution in [2.75, 3.05) is 20.7 Å². The van der Waals surface area contributed by atoms with E-state index in [1.165, 1.54) is 0 Å². The van der Waals surface area contributed by atoms with E-state index in [1.807, 2.05) is 50.2 Å². The first-order valence-electron chi connectivity index (χ1n) is 5.62. The zero-order valence-corrected chi connectivity index (χ0v) is 11.2. The second-order valence-electron chi connectivity index (χ2n) is 4.04. The second kappa shape index (κ2) is 6.62. The van der Waals surface area contributed by atoms with Crippen molar-refractivity contribution < 1.29 is 9.53 Å². The zero-order chi connectivity index (χ0) is 12.8. The lowest BCUT2D eigenvalue weighted by atomic mass is 10.0. The van der Waals surface area contributed by atoms with Crippen LogP contribution in [0.15, 0.2) is 24.3 Å². The first-order chi connectivity index (χ1) is 8.04. The van der Waals surface area contributed by atoms with Gasteiger partial charge in [-0.15, -0.1) is 0 Å². The van der Waals surface area contributed by atoms with Crippen LogP contribution in [0.4, 0.5) is 0 Å². The van der Waals surface area contributed by atoms with Gasteiger partial charge in [0.1, 0.15) is 0 Å². The Hall–Kier alpha value is -1.06. The molecule has 0 radical (unpaired) electrons. The predicted molar refractivity (Wildman–Crippen MR) is 69.1 cm³/mol. The van der Waals surface area contributed by atoms with Gasteiger partial charge < -0.3 is 9.64 Å². The molecule has 4 heteroatoms. The van der Waals surface area contributed by atoms with Crippen LogP contribution < -0.4 is 0 Å². The van der Waals surface area contributed by atoms with Gasteiger partial charge in [0.15, 0.2) is 0 Å². The molecule has 0 aliphatic heterocycles. The highest BCUT2D eigenvalue weighted by Gasteiger charge is 2.18. The molecule has 0 spiro atoms. The van der Waals surface area contributed by atoms with Crippen molar-refractivity contribution in [2.45, 2.75) is 19.4 Å². The molecule has 1 aromatic rings. The number of hydrogen-bond donors (Lipinski definition) is 0. The number of rotatable bonds is 5. The Morgan fingerprint density at radius 1 is 1.35 bits per heavy atom. The summed E-state index contributed by atoms with van der Waals surface area (Å²) in [6.07, 6.45) is 0.350. The number of ether oxygens (including phenoxy) is 1. The van der Waals surface area contributed by atoms with Crippen LogP contribution in [0.25, 0.3) is 0 Å². The molecule has 0 heterocycles. The van der Waals surface area contributed by atoms with Gasteiger partial charge in [-0.2, -0.15) is 0 Å². The molecule has 1 rings (SSSR count). The maximum absolute atomic E-state index is 11.5. The van der Waals surface area contributed by atoms with E-state index in [0.717, 1.165) is 5.56 Å². The van der Waals surface area contributed by atoms with E-state index in [2.05, 4.69) is 0 Å². The highest BCUT2D eigenvalue weighted by molar-refractivity contribution is 6.30. The summed E-state index contributed by atoms with van der Waals surface area (Å²) in [5, 5.41) is 0.697. The van der Waals surface area contributed by atoms with Crippen LogP contribution in [0.2, 0.25) is 5.02 Å². The van der Waals surface area contributed by atoms with Crippen LogP contribution in [0, 0.1) is 0 Å². The molecule has 1 atom stereocenters. The Kier molecular flexibility index (Phi) is 5.45. The average Bonchev–Trinajstić information content (AvgIpc) is 2.27. The molecule has 0 aromatic heterocycles. The third-order valence-corrected chi connectivity index (χ3v) is 2.80. The summed E-state index contributed by atoms with van der Waals surface area (Å²) in [5.74, 6) is -0.179. The fourth-order valence-electron chi connectivity index (χ4n) is 1.66. The van der Waals surface area contributed by atoms with Gasteiger partial charge in [-0.05, 0) is 38.7 Å². The number of hydrogen-bond acceptors (Lipinski definition) is 3. The first-order valence-corrected chi connectivity index (χ1v) is 6.00. The van der Waals surface area contributed by atoms with Gasteiger partial charge >= 0.3 is 5.97 Å². The first kappa shape index (κ1) is 14.0. The highest BCUT2D eigenvalue weighted by atomic mass is 35.5. The van der Waals surface area contributed by atoms with Gasteiger partial charge in [-0.25, -0.2) is 0 Å². The Bertz CT molecular complexity index is 362. The van der Waals surface area contributed by atoms with Gasteiger partial charge in [0, 0.05) is 11.1 Å². The molecule has 0 unspecified atom stereocenters. The van der Waals surface area contributed by atoms with Crippen molar-refractivity contribution in [3.63, 3.8) is 0 Å². The standard InChI is InChI=1S/C13H18ClNO2/c1-4-17-13(16)9-12(15(2)3)10-5-7-11(14)8-6-10/h5-8,12H,4,9H2,1-3H3/t12-/m1/s1. The predicted octanol–water partition coefficient (Wildman–Crippen LogP) is 2.90. The number of carbonyl (C=O) groups is 1. The van der Waals surface area contributed by atoms with Crippen LogP contribution in [0.5, 0.6) is 0 Å². The SMILES string of the molecule is CCOC(=O)C[C@H](c1ccc(Cl)cc1)N(C)C. The quantitative estimate of drug-likeness (QED) is 0.758. The Morgan fingerprint density at radius 2 is 1.94 bits per heavy atom. The van der Waals surface area contributed by atoms with E-state index in [0.29, 0.717) is 18.1 Å². The molecule has 0 aliphatic rings. The van der Waals surface area contributed by atoms with Crippen LogP contribution >= 0.6 is 11.6 Å². The number of esters is 1. The van der Waals surface area contributed by atoms with Crippen LogP contribution in [0.3, 0.4) is 0 Å². The van der Waals surface area contributed by atoms with Crippen molar-refractivity contribution in [2.24, 2.45) is 0 Å².